The molecule has 0 N–H and O–H groups in total. The molecule has 6 heterocycles. The minimum absolute atomic E-state index is 0. The highest BCUT2D eigenvalue weighted by molar-refractivity contribution is 14.1. The largest absolute Gasteiger partial charge is 0.265 e. The number of thioether (sulfide) groups is 1. The summed E-state index contributed by atoms with van der Waals surface area (Å²) in [6.45, 7) is -1.40. The predicted octanol–water partition coefficient (Wildman–Crippen LogP) is 9.04. The van der Waals surface area contributed by atoms with Crippen LogP contribution < -0.4 is 0 Å². The standard InChI is InChI=1S/C10H9F2IN4O2S.C10H9F2IN4OS.C10H9F2IN4S.4CH4/c1-20(18,19)10-14-3-2-7(15-10)6-4-17(5-8(11)12)16-9(6)13;1-19(18)10-14-3-2-7(15-10)6-4-17(5-8(11)12)16-9(6)13;1-18-10-14-3-2-7(15-10)6-4-17(5-8(11)12)16-9(6)13;;;;/h2-4,8H,5H2,1H3;2-4,8H,5H2,1H3;2-4,8H,5H2,1H3;4*1H4. The van der Waals surface area contributed by atoms with E-state index < -0.39 is 59.5 Å². The number of alkyl halides is 6. The van der Waals surface area contributed by atoms with Crippen LogP contribution in [0.5, 0.6) is 0 Å². The summed E-state index contributed by atoms with van der Waals surface area (Å²) in [4.78, 5) is 24.0. The SMILES string of the molecule is C.C.C.C.CS(=O)(=O)c1nccc(-c2cn(CC(F)F)nc2I)n1.CS(=O)c1nccc(-c2cn(CC(F)F)nc2I)n1.CSc1nccc(-c2cn(CC(F)F)nc2I)n1. The Labute approximate surface area is 398 Å². The number of nitrogens with zero attached hydrogens (tertiary/aromatic N) is 12. The fourth-order valence-corrected chi connectivity index (χ4v) is 7.69. The molecule has 15 nitrogen and oxygen atoms in total. The van der Waals surface area contributed by atoms with E-state index in [1.54, 1.807) is 24.5 Å². The average Bonchev–Trinajstić information content (AvgIpc) is 3.82. The van der Waals surface area contributed by atoms with Gasteiger partial charge in [-0.2, -0.15) is 15.3 Å². The van der Waals surface area contributed by atoms with Gasteiger partial charge in [-0.3, -0.25) is 18.3 Å². The number of sulfone groups is 1. The number of rotatable bonds is 12. The molecule has 1 atom stereocenters. The molecule has 0 aliphatic rings. The maximum absolute atomic E-state index is 12.3. The normalized spacial score (nSPS) is 11.3. The van der Waals surface area contributed by atoms with Gasteiger partial charge in [0.1, 0.15) is 30.7 Å². The molecule has 0 aliphatic heterocycles. The third-order valence-electron chi connectivity index (χ3n) is 6.62. The average molecular weight is 1260 g/mol. The van der Waals surface area contributed by atoms with E-state index in [1.807, 2.05) is 74.0 Å². The van der Waals surface area contributed by atoms with Gasteiger partial charge in [-0.05, 0) is 92.2 Å². The van der Waals surface area contributed by atoms with Gasteiger partial charge in [0, 0.05) is 49.7 Å². The zero-order valence-corrected chi connectivity index (χ0v) is 38.2. The second-order valence-corrected chi connectivity index (χ2v) is 18.0. The van der Waals surface area contributed by atoms with E-state index in [9.17, 15) is 39.0 Å². The van der Waals surface area contributed by atoms with Gasteiger partial charge in [0.15, 0.2) is 5.16 Å². The summed E-state index contributed by atoms with van der Waals surface area (Å²) in [6, 6.07) is 4.87. The van der Waals surface area contributed by atoms with Crippen LogP contribution in [0.25, 0.3) is 33.8 Å². The number of halogens is 9. The molecule has 6 aromatic rings. The Morgan fingerprint density at radius 2 is 1.00 bits per heavy atom. The lowest BCUT2D eigenvalue weighted by Crippen LogP contribution is -2.06. The molecule has 0 aliphatic carbocycles. The summed E-state index contributed by atoms with van der Waals surface area (Å²) in [7, 11) is -4.82. The molecule has 0 aromatic carbocycles. The van der Waals surface area contributed by atoms with Gasteiger partial charge in [0.25, 0.3) is 19.3 Å². The molecule has 0 fully saturated rings. The summed E-state index contributed by atoms with van der Waals surface area (Å²) in [5.74, 6) is 0. The first-order chi connectivity index (χ1) is 26.8. The van der Waals surface area contributed by atoms with Crippen LogP contribution in [0, 0.1) is 11.1 Å². The van der Waals surface area contributed by atoms with Crippen LogP contribution >= 0.6 is 79.5 Å². The smallest absolute Gasteiger partial charge is 0.257 e. The van der Waals surface area contributed by atoms with Crippen molar-refractivity contribution in [3.05, 3.63) is 66.5 Å². The second-order valence-electron chi connectivity index (χ2n) is 10.9. The van der Waals surface area contributed by atoms with Crippen molar-refractivity contribution >= 4 is 100 Å². The van der Waals surface area contributed by atoms with Gasteiger partial charge in [-0.25, -0.2) is 64.7 Å². The summed E-state index contributed by atoms with van der Waals surface area (Å²) in [5, 5.41) is 12.5. The molecule has 6 aromatic heterocycles. The topological polar surface area (TPSA) is 182 Å². The van der Waals surface area contributed by atoms with E-state index >= 15 is 0 Å². The van der Waals surface area contributed by atoms with Crippen LogP contribution in [-0.4, -0.2) is 110 Å². The zero-order chi connectivity index (χ0) is 42.0. The molecule has 0 saturated carbocycles. The molecule has 0 amide bonds. The monoisotopic (exact) mass is 1260 g/mol. The molecule has 0 spiro atoms. The highest BCUT2D eigenvalue weighted by atomic mass is 127. The van der Waals surface area contributed by atoms with Crippen LogP contribution in [0.2, 0.25) is 0 Å². The lowest BCUT2D eigenvalue weighted by Gasteiger charge is -2.00. The predicted molar refractivity (Wildman–Crippen MR) is 250 cm³/mol. The fourth-order valence-electron chi connectivity index (χ4n) is 4.30. The molecule has 0 bridgehead atoms. The van der Waals surface area contributed by atoms with Crippen molar-refractivity contribution in [3.63, 3.8) is 0 Å². The number of hydrogen-bond acceptors (Lipinski definition) is 13. The van der Waals surface area contributed by atoms with Crippen LogP contribution in [0.1, 0.15) is 29.7 Å². The molecule has 0 saturated heterocycles. The number of aromatic nitrogens is 12. The molecular formula is C34H43F6I3N12O3S3. The summed E-state index contributed by atoms with van der Waals surface area (Å²) >= 11 is 7.27. The molecule has 6 rings (SSSR count). The van der Waals surface area contributed by atoms with Gasteiger partial charge in [0.05, 0.1) is 44.6 Å². The molecule has 61 heavy (non-hydrogen) atoms. The Hall–Kier alpha value is -2.91. The zero-order valence-electron chi connectivity index (χ0n) is 29.3. The molecular weight excluding hydrogens is 1220 g/mol. The first kappa shape index (κ1) is 58.1. The first-order valence-electron chi connectivity index (χ1n) is 15.5. The Kier molecular flexibility index (Phi) is 25.4. The van der Waals surface area contributed by atoms with E-state index in [4.69, 9.17) is 0 Å². The van der Waals surface area contributed by atoms with Crippen molar-refractivity contribution < 1.29 is 39.0 Å². The van der Waals surface area contributed by atoms with E-state index in [0.29, 0.717) is 44.5 Å². The van der Waals surface area contributed by atoms with Crippen LogP contribution in [0.15, 0.2) is 70.8 Å². The Bertz CT molecular complexity index is 2430. The van der Waals surface area contributed by atoms with Crippen molar-refractivity contribution in [3.8, 4) is 33.8 Å². The maximum Gasteiger partial charge on any atom is 0.257 e. The fraction of sp³-hybridized carbons (Fsp3) is 0.382. The van der Waals surface area contributed by atoms with Crippen LogP contribution in [-0.2, 0) is 40.3 Å². The minimum atomic E-state index is -3.53. The summed E-state index contributed by atoms with van der Waals surface area (Å²) in [6.07, 6.45) is 5.88. The third kappa shape index (κ3) is 17.6. The molecule has 1 unspecified atom stereocenters. The minimum Gasteiger partial charge on any atom is -0.265 e. The van der Waals surface area contributed by atoms with E-state index in [2.05, 4.69) is 45.2 Å². The van der Waals surface area contributed by atoms with Gasteiger partial charge in [-0.15, -0.1) is 0 Å². The van der Waals surface area contributed by atoms with Crippen molar-refractivity contribution in [2.24, 2.45) is 0 Å². The van der Waals surface area contributed by atoms with Crippen LogP contribution in [0.4, 0.5) is 26.3 Å². The van der Waals surface area contributed by atoms with E-state index in [-0.39, 0.29) is 40.0 Å². The van der Waals surface area contributed by atoms with E-state index in [1.165, 1.54) is 58.2 Å². The lowest BCUT2D eigenvalue weighted by atomic mass is 10.2. The van der Waals surface area contributed by atoms with Crippen LogP contribution in [0.3, 0.4) is 0 Å². The highest BCUT2D eigenvalue weighted by Crippen LogP contribution is 2.26. The summed E-state index contributed by atoms with van der Waals surface area (Å²) in [5.41, 5.74) is 3.39. The van der Waals surface area contributed by atoms with Crippen molar-refractivity contribution in [2.75, 3.05) is 18.8 Å². The van der Waals surface area contributed by atoms with Gasteiger partial charge in [-0.1, -0.05) is 41.5 Å². The maximum atomic E-state index is 12.3. The van der Waals surface area contributed by atoms with Gasteiger partial charge in [0.2, 0.25) is 20.2 Å². The summed E-state index contributed by atoms with van der Waals surface area (Å²) < 4.78 is 113. The first-order valence-corrected chi connectivity index (χ1v) is 23.4. The van der Waals surface area contributed by atoms with Gasteiger partial charge >= 0.3 is 0 Å². The Balaban J connectivity index is 0.000000858. The Morgan fingerprint density at radius 1 is 0.639 bits per heavy atom. The molecule has 0 radical (unpaired) electrons. The van der Waals surface area contributed by atoms with Crippen molar-refractivity contribution in [1.82, 2.24) is 59.2 Å². The van der Waals surface area contributed by atoms with Gasteiger partial charge < -0.3 is 0 Å². The quantitative estimate of drug-likeness (QED) is 0.0490. The van der Waals surface area contributed by atoms with E-state index in [0.717, 1.165) is 16.5 Å². The second kappa shape index (κ2) is 26.7. The third-order valence-corrected chi connectivity index (χ3v) is 11.1. The van der Waals surface area contributed by atoms with Crippen molar-refractivity contribution in [2.45, 2.75) is 84.1 Å². The lowest BCUT2D eigenvalue weighted by molar-refractivity contribution is 0.121. The Morgan fingerprint density at radius 3 is 1.36 bits per heavy atom. The molecule has 338 valence electrons. The number of hydrogen-bond donors (Lipinski definition) is 0. The highest BCUT2D eigenvalue weighted by Gasteiger charge is 2.18. The van der Waals surface area contributed by atoms with Crippen molar-refractivity contribution in [1.29, 1.82) is 0 Å². The molecule has 27 heteroatoms.